The average molecular weight is 304 g/mol. The zero-order chi connectivity index (χ0) is 15.3. The Hall–Kier alpha value is -1.47. The molecule has 1 heterocycles. The van der Waals surface area contributed by atoms with Crippen LogP contribution in [0.3, 0.4) is 0 Å². The SMILES string of the molecule is COCCOc1ccc(N2CCNCC2)c(C(F)(F)F)c1. The second-order valence-electron chi connectivity index (χ2n) is 4.76. The number of benzene rings is 1. The average Bonchev–Trinajstić information content (AvgIpc) is 2.47. The summed E-state index contributed by atoms with van der Waals surface area (Å²) in [4.78, 5) is 1.75. The maximum Gasteiger partial charge on any atom is 0.418 e. The minimum Gasteiger partial charge on any atom is -0.491 e. The van der Waals surface area contributed by atoms with Crippen molar-refractivity contribution in [2.75, 3.05) is 51.4 Å². The van der Waals surface area contributed by atoms with Crippen molar-refractivity contribution < 1.29 is 22.6 Å². The largest absolute Gasteiger partial charge is 0.491 e. The molecule has 4 nitrogen and oxygen atoms in total. The van der Waals surface area contributed by atoms with Gasteiger partial charge in [-0.25, -0.2) is 0 Å². The maximum absolute atomic E-state index is 13.2. The van der Waals surface area contributed by atoms with Gasteiger partial charge in [0.05, 0.1) is 12.2 Å². The van der Waals surface area contributed by atoms with E-state index in [2.05, 4.69) is 5.32 Å². The van der Waals surface area contributed by atoms with E-state index >= 15 is 0 Å². The van der Waals surface area contributed by atoms with Gasteiger partial charge in [-0.1, -0.05) is 0 Å². The van der Waals surface area contributed by atoms with Crippen LogP contribution in [0.15, 0.2) is 18.2 Å². The highest BCUT2D eigenvalue weighted by Gasteiger charge is 2.35. The summed E-state index contributed by atoms with van der Waals surface area (Å²) < 4.78 is 49.8. The first-order valence-electron chi connectivity index (χ1n) is 6.81. The fourth-order valence-corrected chi connectivity index (χ4v) is 2.26. The Morgan fingerprint density at radius 2 is 1.90 bits per heavy atom. The van der Waals surface area contributed by atoms with Crippen LogP contribution in [-0.2, 0) is 10.9 Å². The molecule has 0 atom stereocenters. The number of hydrogen-bond acceptors (Lipinski definition) is 4. The summed E-state index contributed by atoms with van der Waals surface area (Å²) in [5.74, 6) is 0.207. The monoisotopic (exact) mass is 304 g/mol. The lowest BCUT2D eigenvalue weighted by molar-refractivity contribution is -0.137. The lowest BCUT2D eigenvalue weighted by Gasteiger charge is -2.31. The number of hydrogen-bond donors (Lipinski definition) is 1. The van der Waals surface area contributed by atoms with Crippen LogP contribution in [0, 0.1) is 0 Å². The fourth-order valence-electron chi connectivity index (χ4n) is 2.26. The van der Waals surface area contributed by atoms with Crippen LogP contribution in [0.5, 0.6) is 5.75 Å². The van der Waals surface area contributed by atoms with Gasteiger partial charge in [-0.15, -0.1) is 0 Å². The van der Waals surface area contributed by atoms with E-state index in [9.17, 15) is 13.2 Å². The molecule has 1 aliphatic rings. The molecule has 1 aromatic rings. The lowest BCUT2D eigenvalue weighted by Crippen LogP contribution is -2.44. The summed E-state index contributed by atoms with van der Waals surface area (Å²) in [5, 5.41) is 3.13. The zero-order valence-corrected chi connectivity index (χ0v) is 11.9. The Morgan fingerprint density at radius 1 is 1.19 bits per heavy atom. The van der Waals surface area contributed by atoms with Gasteiger partial charge in [0.1, 0.15) is 12.4 Å². The standard InChI is InChI=1S/C14H19F3N2O2/c1-20-8-9-21-11-2-3-13(12(10-11)14(15,16)17)19-6-4-18-5-7-19/h2-3,10,18H,4-9H2,1H3. The van der Waals surface area contributed by atoms with Crippen LogP contribution in [0.25, 0.3) is 0 Å². The predicted molar refractivity (Wildman–Crippen MR) is 73.9 cm³/mol. The van der Waals surface area contributed by atoms with Gasteiger partial charge in [0, 0.05) is 39.0 Å². The number of anilines is 1. The van der Waals surface area contributed by atoms with Crippen molar-refractivity contribution in [3.8, 4) is 5.75 Å². The fraction of sp³-hybridized carbons (Fsp3) is 0.571. The molecule has 2 rings (SSSR count). The van der Waals surface area contributed by atoms with Crippen LogP contribution in [0.2, 0.25) is 0 Å². The molecular weight excluding hydrogens is 285 g/mol. The predicted octanol–water partition coefficient (Wildman–Crippen LogP) is 2.14. The molecule has 1 saturated heterocycles. The molecule has 0 amide bonds. The van der Waals surface area contributed by atoms with E-state index in [1.54, 1.807) is 11.0 Å². The summed E-state index contributed by atoms with van der Waals surface area (Å²) in [7, 11) is 1.51. The van der Waals surface area contributed by atoms with E-state index in [0.29, 0.717) is 32.8 Å². The van der Waals surface area contributed by atoms with Gasteiger partial charge >= 0.3 is 6.18 Å². The van der Waals surface area contributed by atoms with Crippen LogP contribution >= 0.6 is 0 Å². The van der Waals surface area contributed by atoms with Crippen molar-refractivity contribution in [1.29, 1.82) is 0 Å². The van der Waals surface area contributed by atoms with Gasteiger partial charge < -0.3 is 19.7 Å². The first kappa shape index (κ1) is 15.9. The Balaban J connectivity index is 2.23. The smallest absolute Gasteiger partial charge is 0.418 e. The van der Waals surface area contributed by atoms with Gasteiger partial charge in [0.15, 0.2) is 0 Å². The number of halogens is 3. The van der Waals surface area contributed by atoms with Gasteiger partial charge in [0.25, 0.3) is 0 Å². The van der Waals surface area contributed by atoms with Crippen molar-refractivity contribution in [2.45, 2.75) is 6.18 Å². The highest BCUT2D eigenvalue weighted by Crippen LogP contribution is 2.38. The molecule has 0 unspecified atom stereocenters. The number of piperazine rings is 1. The summed E-state index contributed by atoms with van der Waals surface area (Å²) in [5.41, 5.74) is -0.442. The summed E-state index contributed by atoms with van der Waals surface area (Å²) in [6, 6.07) is 4.12. The van der Waals surface area contributed by atoms with Crippen LogP contribution in [-0.4, -0.2) is 46.5 Å². The van der Waals surface area contributed by atoms with E-state index in [-0.39, 0.29) is 18.0 Å². The number of nitrogens with zero attached hydrogens (tertiary/aromatic N) is 1. The number of ether oxygens (including phenoxy) is 2. The minimum absolute atomic E-state index is 0.207. The summed E-state index contributed by atoms with van der Waals surface area (Å²) in [6.07, 6.45) is -4.40. The highest BCUT2D eigenvalue weighted by atomic mass is 19.4. The molecule has 0 saturated carbocycles. The molecule has 7 heteroatoms. The molecule has 1 fully saturated rings. The number of methoxy groups -OCH3 is 1. The maximum atomic E-state index is 13.2. The third kappa shape index (κ3) is 4.25. The van der Waals surface area contributed by atoms with Gasteiger partial charge in [-0.3, -0.25) is 0 Å². The molecule has 0 aliphatic carbocycles. The van der Waals surface area contributed by atoms with Gasteiger partial charge in [0.2, 0.25) is 0 Å². The van der Waals surface area contributed by atoms with E-state index in [1.165, 1.54) is 13.2 Å². The molecule has 0 radical (unpaired) electrons. The Kier molecular flexibility index (Phi) is 5.30. The topological polar surface area (TPSA) is 33.7 Å². The molecule has 1 aliphatic heterocycles. The summed E-state index contributed by atoms with van der Waals surface area (Å²) >= 11 is 0. The first-order chi connectivity index (χ1) is 10.0. The zero-order valence-electron chi connectivity index (χ0n) is 11.9. The molecular formula is C14H19F3N2O2. The number of nitrogens with one attached hydrogen (secondary N) is 1. The van der Waals surface area contributed by atoms with Gasteiger partial charge in [-0.05, 0) is 18.2 Å². The molecule has 1 N–H and O–H groups in total. The van der Waals surface area contributed by atoms with Crippen LogP contribution in [0.1, 0.15) is 5.56 Å². The summed E-state index contributed by atoms with van der Waals surface area (Å²) in [6.45, 7) is 3.05. The van der Waals surface area contributed by atoms with Gasteiger partial charge in [-0.2, -0.15) is 13.2 Å². The van der Waals surface area contributed by atoms with E-state index in [4.69, 9.17) is 9.47 Å². The quantitative estimate of drug-likeness (QED) is 0.845. The molecule has 1 aromatic carbocycles. The minimum atomic E-state index is -4.40. The Labute approximate surface area is 121 Å². The third-order valence-electron chi connectivity index (χ3n) is 3.29. The normalized spacial score (nSPS) is 16.1. The second-order valence-corrected chi connectivity index (χ2v) is 4.76. The molecule has 0 bridgehead atoms. The van der Waals surface area contributed by atoms with Crippen molar-refractivity contribution in [3.05, 3.63) is 23.8 Å². The van der Waals surface area contributed by atoms with Crippen LogP contribution < -0.4 is 15.0 Å². The highest BCUT2D eigenvalue weighted by molar-refractivity contribution is 5.58. The van der Waals surface area contributed by atoms with Crippen molar-refractivity contribution in [1.82, 2.24) is 5.32 Å². The van der Waals surface area contributed by atoms with E-state index in [1.807, 2.05) is 0 Å². The van der Waals surface area contributed by atoms with E-state index < -0.39 is 11.7 Å². The Morgan fingerprint density at radius 3 is 2.52 bits per heavy atom. The van der Waals surface area contributed by atoms with Crippen molar-refractivity contribution in [2.24, 2.45) is 0 Å². The van der Waals surface area contributed by atoms with Crippen molar-refractivity contribution >= 4 is 5.69 Å². The molecule has 21 heavy (non-hydrogen) atoms. The van der Waals surface area contributed by atoms with Crippen LogP contribution in [0.4, 0.5) is 18.9 Å². The van der Waals surface area contributed by atoms with E-state index in [0.717, 1.165) is 6.07 Å². The number of rotatable bonds is 5. The molecule has 0 spiro atoms. The third-order valence-corrected chi connectivity index (χ3v) is 3.29. The first-order valence-corrected chi connectivity index (χ1v) is 6.81. The Bertz CT molecular complexity index is 460. The second kappa shape index (κ2) is 7.00. The molecule has 0 aromatic heterocycles. The molecule has 118 valence electrons. The van der Waals surface area contributed by atoms with Crippen molar-refractivity contribution in [3.63, 3.8) is 0 Å². The number of alkyl halides is 3. The lowest BCUT2D eigenvalue weighted by atomic mass is 10.1.